The van der Waals surface area contributed by atoms with Gasteiger partial charge in [0.05, 0.1) is 0 Å². The summed E-state index contributed by atoms with van der Waals surface area (Å²) in [4.78, 5) is 13.4. The molecular weight excluding hydrogens is 264 g/mol. The van der Waals surface area contributed by atoms with Crippen LogP contribution in [0.2, 0.25) is 0 Å². The number of nitrogens with two attached hydrogens (primary N) is 3. The molecule has 2 unspecified atom stereocenters. The van der Waals surface area contributed by atoms with Crippen molar-refractivity contribution >= 4 is 17.9 Å². The molecule has 0 radical (unpaired) electrons. The summed E-state index contributed by atoms with van der Waals surface area (Å²) in [6.45, 7) is 3.32. The van der Waals surface area contributed by atoms with Crippen molar-refractivity contribution in [3.8, 4) is 0 Å². The van der Waals surface area contributed by atoms with Crippen molar-refractivity contribution in [3.63, 3.8) is 0 Å². The maximum atomic E-state index is 9.45. The van der Waals surface area contributed by atoms with Crippen LogP contribution in [0.25, 0.3) is 0 Å². The van der Waals surface area contributed by atoms with Gasteiger partial charge in [-0.15, -0.1) is 0 Å². The average molecular weight is 290 g/mol. The minimum Gasteiger partial charge on any atom is -0.479 e. The minimum absolute atomic E-state index is 0.0141. The molecule has 0 aromatic carbocycles. The number of guanidine groups is 2. The van der Waals surface area contributed by atoms with Gasteiger partial charge in [0, 0.05) is 0 Å². The van der Waals surface area contributed by atoms with E-state index in [4.69, 9.17) is 32.8 Å². The maximum Gasteiger partial charge on any atom is 0.332 e. The van der Waals surface area contributed by atoms with Crippen molar-refractivity contribution in [1.82, 2.24) is 5.32 Å². The maximum absolute atomic E-state index is 9.45. The molecule has 0 aromatic heterocycles. The highest BCUT2D eigenvalue weighted by Gasteiger charge is 2.06. The smallest absolute Gasteiger partial charge is 0.332 e. The number of nitrogens with one attached hydrogen (secondary N) is 2. The standard InChI is InChI=1S/C8H20N6.C3H6O3/c1-2-3-4-5-6(13-7(9)10)14-8(11)12;1-2(4)3(5)6/h6H,2-5H2,1H3,(H4,9,10,13)(H4,11,12,14);2,4H,1H3,(H,5,6). The van der Waals surface area contributed by atoms with Gasteiger partial charge in [-0.2, -0.15) is 0 Å². The van der Waals surface area contributed by atoms with E-state index in [0.717, 1.165) is 25.7 Å². The number of carboxylic acid groups (broad SMARTS) is 1. The van der Waals surface area contributed by atoms with E-state index < -0.39 is 12.1 Å². The molecule has 0 aromatic rings. The van der Waals surface area contributed by atoms with Crippen LogP contribution in [0.3, 0.4) is 0 Å². The Kier molecular flexibility index (Phi) is 12.2. The van der Waals surface area contributed by atoms with E-state index in [1.165, 1.54) is 6.92 Å². The van der Waals surface area contributed by atoms with E-state index in [0.29, 0.717) is 0 Å². The van der Waals surface area contributed by atoms with Crippen molar-refractivity contribution in [2.75, 3.05) is 0 Å². The summed E-state index contributed by atoms with van der Waals surface area (Å²) in [6.07, 6.45) is 2.54. The lowest BCUT2D eigenvalue weighted by Crippen LogP contribution is -2.40. The first-order valence-electron chi connectivity index (χ1n) is 6.30. The van der Waals surface area contributed by atoms with Crippen molar-refractivity contribution in [3.05, 3.63) is 0 Å². The Morgan fingerprint density at radius 3 is 2.15 bits per heavy atom. The molecule has 10 N–H and O–H groups in total. The third-order valence-corrected chi connectivity index (χ3v) is 2.07. The second kappa shape index (κ2) is 12.0. The molecule has 20 heavy (non-hydrogen) atoms. The number of aliphatic carboxylic acids is 1. The van der Waals surface area contributed by atoms with Crippen molar-refractivity contribution in [1.29, 1.82) is 5.41 Å². The fourth-order valence-corrected chi connectivity index (χ4v) is 1.12. The Morgan fingerprint density at radius 2 is 1.85 bits per heavy atom. The zero-order valence-corrected chi connectivity index (χ0v) is 12.0. The van der Waals surface area contributed by atoms with E-state index in [9.17, 15) is 4.79 Å². The van der Waals surface area contributed by atoms with Crippen LogP contribution in [0.4, 0.5) is 0 Å². The monoisotopic (exact) mass is 290 g/mol. The Balaban J connectivity index is 0. The zero-order valence-electron chi connectivity index (χ0n) is 12.0. The van der Waals surface area contributed by atoms with Gasteiger partial charge < -0.3 is 32.7 Å². The van der Waals surface area contributed by atoms with Gasteiger partial charge >= 0.3 is 5.97 Å². The molecule has 0 saturated heterocycles. The van der Waals surface area contributed by atoms with Gasteiger partial charge in [-0.3, -0.25) is 5.41 Å². The van der Waals surface area contributed by atoms with Crippen LogP contribution >= 0.6 is 0 Å². The number of hydrogen-bond donors (Lipinski definition) is 7. The molecule has 0 aliphatic carbocycles. The predicted octanol–water partition coefficient (Wildman–Crippen LogP) is -0.899. The molecule has 2 atom stereocenters. The summed E-state index contributed by atoms with van der Waals surface area (Å²) in [5.74, 6) is -1.29. The molecule has 0 amide bonds. The van der Waals surface area contributed by atoms with E-state index >= 15 is 0 Å². The lowest BCUT2D eigenvalue weighted by atomic mass is 10.2. The van der Waals surface area contributed by atoms with Crippen LogP contribution in [0, 0.1) is 5.41 Å². The number of hydrogen-bond acceptors (Lipinski definition) is 4. The lowest BCUT2D eigenvalue weighted by molar-refractivity contribution is -0.145. The van der Waals surface area contributed by atoms with Gasteiger partial charge in [-0.05, 0) is 19.8 Å². The summed E-state index contributed by atoms with van der Waals surface area (Å²) < 4.78 is 0. The topological polar surface area (TPSA) is 184 Å². The molecular formula is C11H26N6O3. The number of carbonyl (C=O) groups is 1. The molecule has 9 nitrogen and oxygen atoms in total. The third kappa shape index (κ3) is 16.0. The number of nitrogens with zero attached hydrogens (tertiary/aromatic N) is 1. The van der Waals surface area contributed by atoms with Gasteiger partial charge in [0.25, 0.3) is 0 Å². The fourth-order valence-electron chi connectivity index (χ4n) is 1.12. The number of rotatable bonds is 7. The highest BCUT2D eigenvalue weighted by atomic mass is 16.4. The summed E-state index contributed by atoms with van der Waals surface area (Å²) >= 11 is 0. The first kappa shape index (κ1) is 20.3. The zero-order chi connectivity index (χ0) is 16.1. The highest BCUT2D eigenvalue weighted by Crippen LogP contribution is 2.03. The van der Waals surface area contributed by atoms with E-state index in [2.05, 4.69) is 17.2 Å². The average Bonchev–Trinajstić information content (AvgIpc) is 2.28. The first-order chi connectivity index (χ1) is 9.20. The molecule has 0 aliphatic rings. The van der Waals surface area contributed by atoms with Crippen LogP contribution in [-0.4, -0.2) is 40.4 Å². The summed E-state index contributed by atoms with van der Waals surface area (Å²) in [5.41, 5.74) is 15.7. The SMILES string of the molecule is CC(O)C(=O)O.CCCCCC(N=C(N)N)NC(=N)N. The molecule has 118 valence electrons. The Labute approximate surface area is 118 Å². The number of aliphatic hydroxyl groups excluding tert-OH is 1. The van der Waals surface area contributed by atoms with E-state index in [1.807, 2.05) is 0 Å². The Hall–Kier alpha value is -2.03. The summed E-state index contributed by atoms with van der Waals surface area (Å²) in [7, 11) is 0. The summed E-state index contributed by atoms with van der Waals surface area (Å²) in [5, 5.41) is 25.5. The van der Waals surface area contributed by atoms with Crippen molar-refractivity contribution in [2.24, 2.45) is 22.2 Å². The van der Waals surface area contributed by atoms with E-state index in [-0.39, 0.29) is 18.1 Å². The molecule has 0 saturated carbocycles. The Morgan fingerprint density at radius 1 is 1.35 bits per heavy atom. The second-order valence-corrected chi connectivity index (χ2v) is 4.14. The minimum atomic E-state index is -1.23. The fraction of sp³-hybridized carbons (Fsp3) is 0.727. The van der Waals surface area contributed by atoms with Gasteiger partial charge in [0.1, 0.15) is 12.3 Å². The van der Waals surface area contributed by atoms with E-state index in [1.54, 1.807) is 0 Å². The highest BCUT2D eigenvalue weighted by molar-refractivity contribution is 5.77. The largest absolute Gasteiger partial charge is 0.479 e. The molecule has 9 heteroatoms. The number of carboxylic acids is 1. The number of unbranched alkanes of at least 4 members (excludes halogenated alkanes) is 2. The normalized spacial score (nSPS) is 12.3. The van der Waals surface area contributed by atoms with Gasteiger partial charge in [0.2, 0.25) is 0 Å². The molecule has 0 heterocycles. The molecule has 0 rings (SSSR count). The number of aliphatic hydroxyl groups is 1. The van der Waals surface area contributed by atoms with Crippen LogP contribution in [0.15, 0.2) is 4.99 Å². The Bertz CT molecular complexity index is 315. The van der Waals surface area contributed by atoms with Gasteiger partial charge in [-0.25, -0.2) is 9.79 Å². The lowest BCUT2D eigenvalue weighted by Gasteiger charge is -2.14. The van der Waals surface area contributed by atoms with Crippen LogP contribution in [0.5, 0.6) is 0 Å². The predicted molar refractivity (Wildman–Crippen MR) is 78.1 cm³/mol. The molecule has 0 fully saturated rings. The van der Waals surface area contributed by atoms with Crippen LogP contribution in [-0.2, 0) is 4.79 Å². The molecule has 0 bridgehead atoms. The van der Waals surface area contributed by atoms with Crippen molar-refractivity contribution in [2.45, 2.75) is 51.8 Å². The van der Waals surface area contributed by atoms with Crippen LogP contribution in [0.1, 0.15) is 39.5 Å². The second-order valence-electron chi connectivity index (χ2n) is 4.14. The molecule has 0 spiro atoms. The van der Waals surface area contributed by atoms with Crippen LogP contribution < -0.4 is 22.5 Å². The quantitative estimate of drug-likeness (QED) is 0.180. The third-order valence-electron chi connectivity index (χ3n) is 2.07. The number of aliphatic imine (C=N–C) groups is 1. The summed E-state index contributed by atoms with van der Waals surface area (Å²) in [6, 6.07) is 0. The van der Waals surface area contributed by atoms with Gasteiger partial charge in [-0.1, -0.05) is 19.8 Å². The molecule has 0 aliphatic heterocycles. The van der Waals surface area contributed by atoms with Crippen molar-refractivity contribution < 1.29 is 15.0 Å². The first-order valence-corrected chi connectivity index (χ1v) is 6.30. The van der Waals surface area contributed by atoms with Gasteiger partial charge in [0.15, 0.2) is 11.9 Å².